The van der Waals surface area contributed by atoms with Crippen molar-refractivity contribution in [2.24, 2.45) is 5.73 Å². The zero-order valence-corrected chi connectivity index (χ0v) is 11.9. The van der Waals surface area contributed by atoms with Gasteiger partial charge in [0.15, 0.2) is 0 Å². The number of nitrogens with two attached hydrogens (primary N) is 1. The summed E-state index contributed by atoms with van der Waals surface area (Å²) in [4.78, 5) is 12.9. The summed E-state index contributed by atoms with van der Waals surface area (Å²) in [6, 6.07) is 1.48. The molecule has 0 aliphatic carbocycles. The quantitative estimate of drug-likeness (QED) is 0.853. The van der Waals surface area contributed by atoms with Gasteiger partial charge in [-0.1, -0.05) is 13.8 Å². The first kappa shape index (κ1) is 17.4. The highest BCUT2D eigenvalue weighted by Gasteiger charge is 2.41. The van der Waals surface area contributed by atoms with E-state index in [4.69, 9.17) is 5.73 Å². The molecule has 2 N–H and O–H groups in total. The van der Waals surface area contributed by atoms with Crippen LogP contribution >= 0.6 is 0 Å². The van der Waals surface area contributed by atoms with E-state index in [0.717, 1.165) is 11.0 Å². The molecule has 1 fully saturated rings. The fourth-order valence-electron chi connectivity index (χ4n) is 2.09. The third kappa shape index (κ3) is 3.93. The second kappa shape index (κ2) is 6.89. The lowest BCUT2D eigenvalue weighted by molar-refractivity contribution is 0.0119. The van der Waals surface area contributed by atoms with Gasteiger partial charge < -0.3 is 10.6 Å². The Morgan fingerprint density at radius 1 is 1.38 bits per heavy atom. The molecule has 0 radical (unpaired) electrons. The van der Waals surface area contributed by atoms with E-state index in [-0.39, 0.29) is 20.1 Å². The van der Waals surface area contributed by atoms with Crippen LogP contribution in [0.5, 0.6) is 0 Å². The summed E-state index contributed by atoms with van der Waals surface area (Å²) in [6.45, 7) is 2.83. The predicted molar refractivity (Wildman–Crippen MR) is 73.2 cm³/mol. The fraction of sp³-hybridized carbons (Fsp3) is 0.500. The van der Waals surface area contributed by atoms with E-state index < -0.39 is 42.0 Å². The topological polar surface area (TPSA) is 46.3 Å². The molecule has 21 heavy (non-hydrogen) atoms. The van der Waals surface area contributed by atoms with Crippen molar-refractivity contribution < 1.29 is 23.8 Å². The molecule has 1 aliphatic heterocycles. The highest BCUT2D eigenvalue weighted by molar-refractivity contribution is 5.96. The Kier molecular flexibility index (Phi) is 5.71. The standard InChI is InChI=1S/C12H12F4N2O.C2H6.H2/c13-8-3-7(5-17)10(9(14)4-8)11(19)18-2-1-12(15,16)6-18;1-2;/h3-4H,1-2,5-6,17H2;1-2H3;1H. The number of carbonyl (C=O) groups excluding carboxylic acids is 1. The Morgan fingerprint density at radius 2 is 2.00 bits per heavy atom. The van der Waals surface area contributed by atoms with Crippen LogP contribution in [0.3, 0.4) is 0 Å². The van der Waals surface area contributed by atoms with E-state index in [1.807, 2.05) is 13.8 Å². The maximum absolute atomic E-state index is 13.7. The van der Waals surface area contributed by atoms with Gasteiger partial charge in [-0.05, 0) is 11.6 Å². The van der Waals surface area contributed by atoms with Crippen LogP contribution in [-0.4, -0.2) is 29.8 Å². The molecule has 1 aromatic rings. The van der Waals surface area contributed by atoms with E-state index in [2.05, 4.69) is 0 Å². The second-order valence-electron chi connectivity index (χ2n) is 4.46. The molecule has 1 aliphatic rings. The molecule has 2 rings (SSSR count). The number of nitrogens with zero attached hydrogens (tertiary/aromatic N) is 1. The summed E-state index contributed by atoms with van der Waals surface area (Å²) in [5, 5.41) is 0. The molecule has 7 heteroatoms. The molecule has 1 heterocycles. The molecular weight excluding hydrogens is 288 g/mol. The lowest BCUT2D eigenvalue weighted by Crippen LogP contribution is -2.33. The minimum atomic E-state index is -2.96. The van der Waals surface area contributed by atoms with Crippen LogP contribution in [0.25, 0.3) is 0 Å². The van der Waals surface area contributed by atoms with Crippen LogP contribution in [0, 0.1) is 11.6 Å². The molecule has 0 bridgehead atoms. The maximum Gasteiger partial charge on any atom is 0.267 e. The van der Waals surface area contributed by atoms with Gasteiger partial charge in [-0.25, -0.2) is 17.6 Å². The van der Waals surface area contributed by atoms with Gasteiger partial charge in [0.25, 0.3) is 11.8 Å². The minimum absolute atomic E-state index is 0. The van der Waals surface area contributed by atoms with Crippen LogP contribution < -0.4 is 5.73 Å². The third-order valence-electron chi connectivity index (χ3n) is 3.03. The number of alkyl halides is 2. The molecule has 0 aromatic heterocycles. The molecule has 1 aromatic carbocycles. The van der Waals surface area contributed by atoms with Crippen LogP contribution in [0.2, 0.25) is 0 Å². The average Bonchev–Trinajstić information content (AvgIpc) is 2.80. The van der Waals surface area contributed by atoms with E-state index in [0.29, 0.717) is 6.07 Å². The molecule has 1 amide bonds. The summed E-state index contributed by atoms with van der Waals surface area (Å²) in [5.41, 5.74) is 4.87. The molecule has 0 atom stereocenters. The molecule has 120 valence electrons. The van der Waals surface area contributed by atoms with Crippen molar-refractivity contribution in [1.82, 2.24) is 4.90 Å². The molecule has 3 nitrogen and oxygen atoms in total. The van der Waals surface area contributed by atoms with Crippen molar-refractivity contribution in [3.8, 4) is 0 Å². The van der Waals surface area contributed by atoms with Crippen LogP contribution in [-0.2, 0) is 6.54 Å². The largest absolute Gasteiger partial charge is 0.332 e. The van der Waals surface area contributed by atoms with Crippen LogP contribution in [0.15, 0.2) is 12.1 Å². The minimum Gasteiger partial charge on any atom is -0.332 e. The zero-order valence-electron chi connectivity index (χ0n) is 11.9. The number of rotatable bonds is 2. The maximum atomic E-state index is 13.7. The second-order valence-corrected chi connectivity index (χ2v) is 4.46. The van der Waals surface area contributed by atoms with E-state index in [9.17, 15) is 22.4 Å². The number of halogens is 4. The van der Waals surface area contributed by atoms with Crippen molar-refractivity contribution in [2.45, 2.75) is 32.7 Å². The summed E-state index contributed by atoms with van der Waals surface area (Å²) in [5.74, 6) is -5.79. The van der Waals surface area contributed by atoms with E-state index in [1.165, 1.54) is 0 Å². The number of amides is 1. The van der Waals surface area contributed by atoms with Gasteiger partial charge in [-0.15, -0.1) is 0 Å². The summed E-state index contributed by atoms with van der Waals surface area (Å²) in [6.07, 6.45) is -0.459. The third-order valence-corrected chi connectivity index (χ3v) is 3.03. The van der Waals surface area contributed by atoms with Gasteiger partial charge in [0.2, 0.25) is 0 Å². The predicted octanol–water partition coefficient (Wildman–Crippen LogP) is 3.18. The first-order chi connectivity index (χ1) is 9.84. The lowest BCUT2D eigenvalue weighted by atomic mass is 10.1. The van der Waals surface area contributed by atoms with Gasteiger partial charge in [-0.3, -0.25) is 4.79 Å². The number of carbonyl (C=O) groups is 1. The molecular formula is C14H20F4N2O. The summed E-state index contributed by atoms with van der Waals surface area (Å²) >= 11 is 0. The van der Waals surface area contributed by atoms with Gasteiger partial charge in [0.1, 0.15) is 11.6 Å². The zero-order chi connectivity index (χ0) is 16.2. The van der Waals surface area contributed by atoms with Crippen molar-refractivity contribution in [1.29, 1.82) is 0 Å². The SMILES string of the molecule is CC.NCc1cc(F)cc(F)c1C(=O)N1CCC(F)(F)C1.[HH]. The Balaban J connectivity index is 0.00000141. The van der Waals surface area contributed by atoms with Gasteiger partial charge >= 0.3 is 0 Å². The van der Waals surface area contributed by atoms with Crippen LogP contribution in [0.1, 0.15) is 37.6 Å². The van der Waals surface area contributed by atoms with Gasteiger partial charge in [0.05, 0.1) is 12.1 Å². The Morgan fingerprint density at radius 3 is 2.48 bits per heavy atom. The smallest absolute Gasteiger partial charge is 0.267 e. The molecule has 1 saturated heterocycles. The summed E-state index contributed by atoms with van der Waals surface area (Å²) < 4.78 is 52.8. The number of benzene rings is 1. The molecule has 0 saturated carbocycles. The van der Waals surface area contributed by atoms with Gasteiger partial charge in [0, 0.05) is 27.0 Å². The molecule has 0 spiro atoms. The number of hydrogen-bond donors (Lipinski definition) is 1. The Bertz CT molecular complexity index is 526. The fourth-order valence-corrected chi connectivity index (χ4v) is 2.09. The van der Waals surface area contributed by atoms with E-state index in [1.54, 1.807) is 0 Å². The van der Waals surface area contributed by atoms with Crippen molar-refractivity contribution in [3.63, 3.8) is 0 Å². The van der Waals surface area contributed by atoms with Crippen molar-refractivity contribution in [2.75, 3.05) is 13.1 Å². The normalized spacial score (nSPS) is 16.4. The van der Waals surface area contributed by atoms with Crippen LogP contribution in [0.4, 0.5) is 17.6 Å². The first-order valence-electron chi connectivity index (χ1n) is 6.69. The highest BCUT2D eigenvalue weighted by atomic mass is 19.3. The Hall–Kier alpha value is -1.63. The monoisotopic (exact) mass is 308 g/mol. The average molecular weight is 308 g/mol. The van der Waals surface area contributed by atoms with Crippen molar-refractivity contribution in [3.05, 3.63) is 34.9 Å². The Labute approximate surface area is 122 Å². The van der Waals surface area contributed by atoms with Gasteiger partial charge in [-0.2, -0.15) is 0 Å². The highest BCUT2D eigenvalue weighted by Crippen LogP contribution is 2.29. The van der Waals surface area contributed by atoms with Crippen molar-refractivity contribution >= 4 is 5.91 Å². The number of likely N-dealkylation sites (tertiary alicyclic amines) is 1. The van der Waals surface area contributed by atoms with E-state index >= 15 is 0 Å². The first-order valence-corrected chi connectivity index (χ1v) is 6.69. The lowest BCUT2D eigenvalue weighted by Gasteiger charge is -2.18. The summed E-state index contributed by atoms with van der Waals surface area (Å²) in [7, 11) is 0. The molecule has 0 unspecified atom stereocenters. The number of hydrogen-bond acceptors (Lipinski definition) is 2.